The van der Waals surface area contributed by atoms with Crippen molar-refractivity contribution in [1.29, 1.82) is 0 Å². The van der Waals surface area contributed by atoms with Gasteiger partial charge in [-0.2, -0.15) is 0 Å². The van der Waals surface area contributed by atoms with Crippen LogP contribution in [0.25, 0.3) is 0 Å². The van der Waals surface area contributed by atoms with E-state index in [-0.39, 0.29) is 13.2 Å². The molecule has 0 amide bonds. The summed E-state index contributed by atoms with van der Waals surface area (Å²) in [5, 5.41) is 0. The van der Waals surface area contributed by atoms with Crippen LogP contribution in [0.15, 0.2) is 72.1 Å². The molecule has 0 radical (unpaired) electrons. The zero-order chi connectivity index (χ0) is 22.4. The largest absolute Gasteiger partial charge is 0.497 e. The van der Waals surface area contributed by atoms with Crippen molar-refractivity contribution < 1.29 is 23.8 Å². The first-order chi connectivity index (χ1) is 15.0. The van der Waals surface area contributed by atoms with E-state index >= 15 is 0 Å². The van der Waals surface area contributed by atoms with Gasteiger partial charge in [0.1, 0.15) is 5.75 Å². The number of nitrogens with zero attached hydrogens (tertiary/aromatic N) is 1. The van der Waals surface area contributed by atoms with E-state index in [1.807, 2.05) is 55.5 Å². The molecule has 1 heterocycles. The van der Waals surface area contributed by atoms with Gasteiger partial charge in [-0.05, 0) is 50.6 Å². The van der Waals surface area contributed by atoms with Gasteiger partial charge < -0.3 is 19.1 Å². The van der Waals surface area contributed by atoms with Crippen LogP contribution in [0.2, 0.25) is 0 Å². The van der Waals surface area contributed by atoms with E-state index in [0.29, 0.717) is 16.9 Å². The minimum Gasteiger partial charge on any atom is -0.497 e. The molecule has 2 aromatic carbocycles. The summed E-state index contributed by atoms with van der Waals surface area (Å²) in [7, 11) is 1.60. The standard InChI is InChI=1S/C25H27NO5/c1-5-30-24(27)21-15-26(19-11-13-20(29-4)14-12-19)16-22(25(28)31-6-2)23(21)18-9-7-17(3)8-10-18/h7-16,23H,5-6H2,1-4H3. The van der Waals surface area contributed by atoms with Crippen LogP contribution >= 0.6 is 0 Å². The Bertz CT molecular complexity index is 954. The molecule has 1 aliphatic rings. The highest BCUT2D eigenvalue weighted by Gasteiger charge is 2.35. The molecule has 0 N–H and O–H groups in total. The number of benzene rings is 2. The lowest BCUT2D eigenvalue weighted by molar-refractivity contribution is -0.139. The number of ether oxygens (including phenoxy) is 3. The number of esters is 2. The summed E-state index contributed by atoms with van der Waals surface area (Å²) < 4.78 is 15.9. The van der Waals surface area contributed by atoms with E-state index in [9.17, 15) is 9.59 Å². The first-order valence-electron chi connectivity index (χ1n) is 10.2. The van der Waals surface area contributed by atoms with Crippen LogP contribution < -0.4 is 9.64 Å². The van der Waals surface area contributed by atoms with E-state index in [1.54, 1.807) is 38.3 Å². The molecule has 162 valence electrons. The van der Waals surface area contributed by atoms with Gasteiger partial charge in [0, 0.05) is 18.1 Å². The first kappa shape index (κ1) is 22.2. The second-order valence-electron chi connectivity index (χ2n) is 7.06. The molecule has 0 spiro atoms. The van der Waals surface area contributed by atoms with Gasteiger partial charge in [-0.3, -0.25) is 0 Å². The van der Waals surface area contributed by atoms with Crippen molar-refractivity contribution in [2.24, 2.45) is 0 Å². The highest BCUT2D eigenvalue weighted by atomic mass is 16.5. The molecular weight excluding hydrogens is 394 g/mol. The lowest BCUT2D eigenvalue weighted by Crippen LogP contribution is -2.29. The van der Waals surface area contributed by atoms with Crippen LogP contribution in [-0.4, -0.2) is 32.3 Å². The summed E-state index contributed by atoms with van der Waals surface area (Å²) in [6.07, 6.45) is 3.43. The third kappa shape index (κ3) is 4.97. The summed E-state index contributed by atoms with van der Waals surface area (Å²) in [6.45, 7) is 5.97. The van der Waals surface area contributed by atoms with Gasteiger partial charge in [0.15, 0.2) is 0 Å². The number of methoxy groups -OCH3 is 1. The van der Waals surface area contributed by atoms with E-state index in [0.717, 1.165) is 16.8 Å². The van der Waals surface area contributed by atoms with E-state index in [4.69, 9.17) is 14.2 Å². The smallest absolute Gasteiger partial charge is 0.336 e. The quantitative estimate of drug-likeness (QED) is 0.614. The molecule has 3 rings (SSSR count). The van der Waals surface area contributed by atoms with Gasteiger partial charge in [-0.25, -0.2) is 9.59 Å². The zero-order valence-electron chi connectivity index (χ0n) is 18.3. The predicted molar refractivity (Wildman–Crippen MR) is 119 cm³/mol. The molecule has 0 aromatic heterocycles. The number of hydrogen-bond acceptors (Lipinski definition) is 6. The summed E-state index contributed by atoms with van der Waals surface area (Å²) in [4.78, 5) is 27.6. The molecule has 0 fully saturated rings. The summed E-state index contributed by atoms with van der Waals surface area (Å²) in [6, 6.07) is 15.1. The maximum Gasteiger partial charge on any atom is 0.336 e. The third-order valence-corrected chi connectivity index (χ3v) is 4.98. The Labute approximate surface area is 182 Å². The van der Waals surface area contributed by atoms with E-state index < -0.39 is 17.9 Å². The molecule has 0 saturated carbocycles. The van der Waals surface area contributed by atoms with Crippen LogP contribution in [0, 0.1) is 6.92 Å². The van der Waals surface area contributed by atoms with Gasteiger partial charge in [0.05, 0.1) is 37.4 Å². The second kappa shape index (κ2) is 9.98. The maximum absolute atomic E-state index is 12.9. The molecule has 2 aromatic rings. The summed E-state index contributed by atoms with van der Waals surface area (Å²) in [5.74, 6) is -0.821. The van der Waals surface area contributed by atoms with Crippen LogP contribution in [0.1, 0.15) is 30.9 Å². The molecule has 0 aliphatic carbocycles. The van der Waals surface area contributed by atoms with Crippen LogP contribution in [0.5, 0.6) is 5.75 Å². The highest BCUT2D eigenvalue weighted by molar-refractivity contribution is 6.00. The lowest BCUT2D eigenvalue weighted by atomic mass is 9.83. The Hall–Kier alpha value is -3.54. The van der Waals surface area contributed by atoms with Crippen LogP contribution in [0.4, 0.5) is 5.69 Å². The van der Waals surface area contributed by atoms with E-state index in [2.05, 4.69) is 0 Å². The summed E-state index contributed by atoms with van der Waals surface area (Å²) >= 11 is 0. The molecule has 1 aliphatic heterocycles. The molecule has 6 nitrogen and oxygen atoms in total. The fraction of sp³-hybridized carbons (Fsp3) is 0.280. The lowest BCUT2D eigenvalue weighted by Gasteiger charge is -2.30. The van der Waals surface area contributed by atoms with Crippen molar-refractivity contribution in [3.05, 3.63) is 83.2 Å². The Balaban J connectivity index is 2.14. The van der Waals surface area contributed by atoms with Crippen molar-refractivity contribution >= 4 is 17.6 Å². The predicted octanol–water partition coefficient (Wildman–Crippen LogP) is 4.50. The Morgan fingerprint density at radius 3 is 1.81 bits per heavy atom. The highest BCUT2D eigenvalue weighted by Crippen LogP contribution is 2.38. The topological polar surface area (TPSA) is 65.1 Å². The molecule has 31 heavy (non-hydrogen) atoms. The Morgan fingerprint density at radius 1 is 0.839 bits per heavy atom. The number of anilines is 1. The molecular formula is C25H27NO5. The minimum atomic E-state index is -0.590. The number of hydrogen-bond donors (Lipinski definition) is 0. The molecule has 0 atom stereocenters. The number of aryl methyl sites for hydroxylation is 1. The number of carbonyl (C=O) groups is 2. The average molecular weight is 421 g/mol. The average Bonchev–Trinajstić information content (AvgIpc) is 2.79. The van der Waals surface area contributed by atoms with Gasteiger partial charge in [0.25, 0.3) is 0 Å². The van der Waals surface area contributed by atoms with Gasteiger partial charge in [0.2, 0.25) is 0 Å². The fourth-order valence-corrected chi connectivity index (χ4v) is 3.44. The van der Waals surface area contributed by atoms with Crippen molar-refractivity contribution in [3.8, 4) is 5.75 Å². The Kier molecular flexibility index (Phi) is 7.13. The van der Waals surface area contributed by atoms with E-state index in [1.165, 1.54) is 0 Å². The number of rotatable bonds is 7. The van der Waals surface area contributed by atoms with Crippen molar-refractivity contribution in [1.82, 2.24) is 0 Å². The van der Waals surface area contributed by atoms with Crippen LogP contribution in [0.3, 0.4) is 0 Å². The molecule has 0 saturated heterocycles. The van der Waals surface area contributed by atoms with Gasteiger partial charge in [-0.1, -0.05) is 29.8 Å². The monoisotopic (exact) mass is 421 g/mol. The molecule has 0 unspecified atom stereocenters. The maximum atomic E-state index is 12.9. The fourth-order valence-electron chi connectivity index (χ4n) is 3.44. The van der Waals surface area contributed by atoms with Gasteiger partial charge >= 0.3 is 11.9 Å². The second-order valence-corrected chi connectivity index (χ2v) is 7.06. The van der Waals surface area contributed by atoms with Crippen molar-refractivity contribution in [2.75, 3.05) is 25.2 Å². The normalized spacial score (nSPS) is 13.9. The Morgan fingerprint density at radius 2 is 1.35 bits per heavy atom. The first-order valence-corrected chi connectivity index (χ1v) is 10.2. The van der Waals surface area contributed by atoms with Crippen LogP contribution in [-0.2, 0) is 19.1 Å². The SMILES string of the molecule is CCOC(=O)C1=CN(c2ccc(OC)cc2)C=C(C(=O)OCC)C1c1ccc(C)cc1. The minimum absolute atomic E-state index is 0.234. The summed E-state index contributed by atoms with van der Waals surface area (Å²) in [5.41, 5.74) is 3.41. The van der Waals surface area contributed by atoms with Crippen molar-refractivity contribution in [3.63, 3.8) is 0 Å². The zero-order valence-corrected chi connectivity index (χ0v) is 18.3. The molecule has 6 heteroatoms. The van der Waals surface area contributed by atoms with Gasteiger partial charge in [-0.15, -0.1) is 0 Å². The molecule has 0 bridgehead atoms. The third-order valence-electron chi connectivity index (χ3n) is 4.98. The van der Waals surface area contributed by atoms with Crippen molar-refractivity contribution in [2.45, 2.75) is 26.7 Å². The number of carbonyl (C=O) groups excluding carboxylic acids is 2.